The number of furan rings is 1. The van der Waals surface area contributed by atoms with Crippen LogP contribution in [0.3, 0.4) is 0 Å². The summed E-state index contributed by atoms with van der Waals surface area (Å²) in [5, 5.41) is 3.08. The lowest BCUT2D eigenvalue weighted by atomic mass is 9.79. The highest BCUT2D eigenvalue weighted by Gasteiger charge is 2.26. The molecule has 1 saturated carbocycles. The smallest absolute Gasteiger partial charge is 0.255 e. The summed E-state index contributed by atoms with van der Waals surface area (Å²) in [6, 6.07) is 1.99. The first kappa shape index (κ1) is 12.7. The topological polar surface area (TPSA) is 42.2 Å². The SMILES string of the molecule is CC1CCC(NC(=O)c2ccoc2Br)CC1C. The third-order valence-corrected chi connectivity index (χ3v) is 4.41. The van der Waals surface area contributed by atoms with Crippen LogP contribution >= 0.6 is 15.9 Å². The molecule has 1 N–H and O–H groups in total. The fourth-order valence-corrected chi connectivity index (χ4v) is 2.82. The van der Waals surface area contributed by atoms with E-state index in [-0.39, 0.29) is 5.91 Å². The molecule has 0 spiro atoms. The van der Waals surface area contributed by atoms with E-state index in [0.717, 1.165) is 18.8 Å². The maximum Gasteiger partial charge on any atom is 0.255 e. The monoisotopic (exact) mass is 299 g/mol. The summed E-state index contributed by atoms with van der Waals surface area (Å²) >= 11 is 3.23. The van der Waals surface area contributed by atoms with Crippen molar-refractivity contribution in [2.24, 2.45) is 11.8 Å². The first-order chi connectivity index (χ1) is 8.08. The van der Waals surface area contributed by atoms with Crippen LogP contribution in [0.15, 0.2) is 21.4 Å². The number of hydrogen-bond acceptors (Lipinski definition) is 2. The van der Waals surface area contributed by atoms with Crippen molar-refractivity contribution in [3.63, 3.8) is 0 Å². The van der Waals surface area contributed by atoms with Gasteiger partial charge in [0, 0.05) is 6.04 Å². The van der Waals surface area contributed by atoms with Crippen LogP contribution in [0, 0.1) is 11.8 Å². The average molecular weight is 300 g/mol. The van der Waals surface area contributed by atoms with Gasteiger partial charge in [-0.1, -0.05) is 13.8 Å². The van der Waals surface area contributed by atoms with E-state index in [1.54, 1.807) is 6.07 Å². The first-order valence-electron chi connectivity index (χ1n) is 6.11. The van der Waals surface area contributed by atoms with Gasteiger partial charge in [0.2, 0.25) is 0 Å². The Balaban J connectivity index is 1.94. The van der Waals surface area contributed by atoms with Crippen molar-refractivity contribution in [1.82, 2.24) is 5.32 Å². The van der Waals surface area contributed by atoms with E-state index >= 15 is 0 Å². The quantitative estimate of drug-likeness (QED) is 0.907. The summed E-state index contributed by atoms with van der Waals surface area (Å²) in [6.45, 7) is 4.55. The van der Waals surface area contributed by atoms with Gasteiger partial charge in [0.25, 0.3) is 5.91 Å². The van der Waals surface area contributed by atoms with Gasteiger partial charge in [0.1, 0.15) is 0 Å². The molecule has 0 aromatic carbocycles. The van der Waals surface area contributed by atoms with E-state index in [0.29, 0.717) is 22.2 Å². The van der Waals surface area contributed by atoms with E-state index < -0.39 is 0 Å². The maximum atomic E-state index is 12.0. The second-order valence-electron chi connectivity index (χ2n) is 5.05. The molecule has 2 rings (SSSR count). The lowest BCUT2D eigenvalue weighted by molar-refractivity contribution is 0.0909. The number of carbonyl (C=O) groups is 1. The molecule has 0 radical (unpaired) electrons. The molecular formula is C13H18BrNO2. The zero-order chi connectivity index (χ0) is 12.4. The molecule has 1 aromatic rings. The van der Waals surface area contributed by atoms with E-state index in [2.05, 4.69) is 35.1 Å². The van der Waals surface area contributed by atoms with E-state index in [4.69, 9.17) is 4.42 Å². The number of nitrogens with one attached hydrogen (secondary N) is 1. The van der Waals surface area contributed by atoms with Crippen molar-refractivity contribution in [2.45, 2.75) is 39.2 Å². The van der Waals surface area contributed by atoms with Crippen LogP contribution in [0.2, 0.25) is 0 Å². The predicted molar refractivity (Wildman–Crippen MR) is 69.8 cm³/mol. The molecular weight excluding hydrogens is 282 g/mol. The van der Waals surface area contributed by atoms with Crippen LogP contribution in [0.5, 0.6) is 0 Å². The zero-order valence-electron chi connectivity index (χ0n) is 10.2. The van der Waals surface area contributed by atoms with Crippen molar-refractivity contribution in [3.05, 3.63) is 22.6 Å². The van der Waals surface area contributed by atoms with E-state index in [1.165, 1.54) is 12.7 Å². The first-order valence-corrected chi connectivity index (χ1v) is 6.91. The minimum absolute atomic E-state index is 0.0441. The Morgan fingerprint density at radius 2 is 2.18 bits per heavy atom. The lowest BCUT2D eigenvalue weighted by Gasteiger charge is -2.32. The Morgan fingerprint density at radius 3 is 2.76 bits per heavy atom. The zero-order valence-corrected chi connectivity index (χ0v) is 11.8. The van der Waals surface area contributed by atoms with Gasteiger partial charge < -0.3 is 9.73 Å². The maximum absolute atomic E-state index is 12.0. The molecule has 17 heavy (non-hydrogen) atoms. The Hall–Kier alpha value is -0.770. The summed E-state index contributed by atoms with van der Waals surface area (Å²) in [6.07, 6.45) is 4.86. The molecule has 4 heteroatoms. The molecule has 1 heterocycles. The third-order valence-electron chi connectivity index (χ3n) is 3.80. The van der Waals surface area contributed by atoms with Crippen LogP contribution in [0.4, 0.5) is 0 Å². The molecule has 0 saturated heterocycles. The van der Waals surface area contributed by atoms with Crippen LogP contribution in [-0.4, -0.2) is 11.9 Å². The molecule has 94 valence electrons. The summed E-state index contributed by atoms with van der Waals surface area (Å²) in [5.74, 6) is 1.41. The summed E-state index contributed by atoms with van der Waals surface area (Å²) in [7, 11) is 0. The van der Waals surface area contributed by atoms with Gasteiger partial charge in [0.05, 0.1) is 11.8 Å². The molecule has 1 amide bonds. The standard InChI is InChI=1S/C13H18BrNO2/c1-8-3-4-10(7-9(8)2)15-13(16)11-5-6-17-12(11)14/h5-6,8-10H,3-4,7H2,1-2H3,(H,15,16). The Labute approximate surface area is 110 Å². The lowest BCUT2D eigenvalue weighted by Crippen LogP contribution is -2.39. The average Bonchev–Trinajstić information content (AvgIpc) is 2.70. The molecule has 0 aliphatic heterocycles. The molecule has 0 bridgehead atoms. The Bertz CT molecular complexity index is 402. The van der Waals surface area contributed by atoms with Crippen LogP contribution < -0.4 is 5.32 Å². The molecule has 3 atom stereocenters. The Morgan fingerprint density at radius 1 is 1.41 bits per heavy atom. The molecule has 3 unspecified atom stereocenters. The predicted octanol–water partition coefficient (Wildman–Crippen LogP) is 3.60. The highest BCUT2D eigenvalue weighted by molar-refractivity contribution is 9.10. The van der Waals surface area contributed by atoms with E-state index in [9.17, 15) is 4.79 Å². The minimum Gasteiger partial charge on any atom is -0.457 e. The highest BCUT2D eigenvalue weighted by Crippen LogP contribution is 2.29. The van der Waals surface area contributed by atoms with Gasteiger partial charge in [-0.15, -0.1) is 0 Å². The number of hydrogen-bond donors (Lipinski definition) is 1. The van der Waals surface area contributed by atoms with Crippen molar-refractivity contribution in [1.29, 1.82) is 0 Å². The summed E-state index contributed by atoms with van der Waals surface area (Å²) in [4.78, 5) is 12.0. The second-order valence-corrected chi connectivity index (χ2v) is 5.77. The van der Waals surface area contributed by atoms with Crippen LogP contribution in [0.25, 0.3) is 0 Å². The van der Waals surface area contributed by atoms with Crippen molar-refractivity contribution in [2.75, 3.05) is 0 Å². The van der Waals surface area contributed by atoms with Gasteiger partial charge in [0.15, 0.2) is 4.67 Å². The molecule has 3 nitrogen and oxygen atoms in total. The number of rotatable bonds is 2. The molecule has 1 aromatic heterocycles. The van der Waals surface area contributed by atoms with Crippen molar-refractivity contribution >= 4 is 21.8 Å². The fourth-order valence-electron chi connectivity index (χ4n) is 2.40. The van der Waals surface area contributed by atoms with Crippen molar-refractivity contribution in [3.8, 4) is 0 Å². The fraction of sp³-hybridized carbons (Fsp3) is 0.615. The minimum atomic E-state index is -0.0441. The number of amides is 1. The van der Waals surface area contributed by atoms with Crippen LogP contribution in [0.1, 0.15) is 43.5 Å². The molecule has 1 aliphatic rings. The number of carbonyl (C=O) groups excluding carboxylic acids is 1. The van der Waals surface area contributed by atoms with Gasteiger partial charge in [-0.05, 0) is 53.1 Å². The Kier molecular flexibility index (Phi) is 3.92. The van der Waals surface area contributed by atoms with Gasteiger partial charge in [-0.25, -0.2) is 0 Å². The molecule has 1 aliphatic carbocycles. The van der Waals surface area contributed by atoms with Crippen molar-refractivity contribution < 1.29 is 9.21 Å². The number of halogens is 1. The van der Waals surface area contributed by atoms with Gasteiger partial charge >= 0.3 is 0 Å². The van der Waals surface area contributed by atoms with E-state index in [1.807, 2.05) is 0 Å². The normalized spacial score (nSPS) is 29.0. The highest BCUT2D eigenvalue weighted by atomic mass is 79.9. The molecule has 1 fully saturated rings. The van der Waals surface area contributed by atoms with Gasteiger partial charge in [-0.2, -0.15) is 0 Å². The third kappa shape index (κ3) is 2.92. The summed E-state index contributed by atoms with van der Waals surface area (Å²) < 4.78 is 5.58. The van der Waals surface area contributed by atoms with Crippen LogP contribution in [-0.2, 0) is 0 Å². The largest absolute Gasteiger partial charge is 0.457 e. The summed E-state index contributed by atoms with van der Waals surface area (Å²) in [5.41, 5.74) is 0.580. The van der Waals surface area contributed by atoms with Gasteiger partial charge in [-0.3, -0.25) is 4.79 Å². The second kappa shape index (κ2) is 5.25.